The van der Waals surface area contributed by atoms with Crippen molar-refractivity contribution in [2.45, 2.75) is 17.9 Å². The van der Waals surface area contributed by atoms with Gasteiger partial charge in [-0.15, -0.1) is 0 Å². The molecule has 4 heteroatoms. The van der Waals surface area contributed by atoms with Gasteiger partial charge in [-0.05, 0) is 17.7 Å². The Labute approximate surface area is 101 Å². The van der Waals surface area contributed by atoms with Crippen LogP contribution >= 0.6 is 11.8 Å². The molecule has 1 aromatic carbocycles. The molecule has 0 saturated carbocycles. The predicted molar refractivity (Wildman–Crippen MR) is 67.4 cm³/mol. The van der Waals surface area contributed by atoms with Crippen molar-refractivity contribution in [2.24, 2.45) is 0 Å². The zero-order valence-electron chi connectivity index (χ0n) is 9.90. The van der Waals surface area contributed by atoms with Gasteiger partial charge in [0, 0.05) is 11.0 Å². The lowest BCUT2D eigenvalue weighted by Crippen LogP contribution is -2.02. The zero-order chi connectivity index (χ0) is 12.0. The topological polar surface area (TPSA) is 38.7 Å². The quantitative estimate of drug-likeness (QED) is 0.831. The monoisotopic (exact) mass is 242 g/mol. The van der Waals surface area contributed by atoms with Gasteiger partial charge in [-0.2, -0.15) is 11.8 Å². The normalized spacial score (nSPS) is 12.2. The molecule has 1 N–H and O–H groups in total. The van der Waals surface area contributed by atoms with Crippen LogP contribution < -0.4 is 9.47 Å². The summed E-state index contributed by atoms with van der Waals surface area (Å²) in [6.45, 7) is 2.21. The molecule has 0 spiro atoms. The lowest BCUT2D eigenvalue weighted by molar-refractivity contribution is 0.300. The molecule has 0 heterocycles. The van der Waals surface area contributed by atoms with Crippen LogP contribution in [0, 0.1) is 0 Å². The third-order valence-corrected chi connectivity index (χ3v) is 3.46. The fourth-order valence-corrected chi connectivity index (χ4v) is 2.02. The fourth-order valence-electron chi connectivity index (χ4n) is 1.26. The van der Waals surface area contributed by atoms with Crippen LogP contribution in [-0.2, 0) is 5.75 Å². The Morgan fingerprint density at radius 1 is 1.25 bits per heavy atom. The number of thioether (sulfide) groups is 1. The molecule has 0 amide bonds. The highest BCUT2D eigenvalue weighted by molar-refractivity contribution is 7.99. The number of ether oxygens (including phenoxy) is 2. The summed E-state index contributed by atoms with van der Waals surface area (Å²) in [4.78, 5) is 0. The second kappa shape index (κ2) is 6.66. The molecule has 0 aliphatic carbocycles. The molecule has 16 heavy (non-hydrogen) atoms. The zero-order valence-corrected chi connectivity index (χ0v) is 10.7. The Kier molecular flexibility index (Phi) is 5.49. The van der Waals surface area contributed by atoms with Crippen LogP contribution in [0.25, 0.3) is 0 Å². The van der Waals surface area contributed by atoms with Crippen molar-refractivity contribution in [1.29, 1.82) is 0 Å². The van der Waals surface area contributed by atoms with E-state index in [-0.39, 0.29) is 11.9 Å². The maximum atomic E-state index is 8.93. The van der Waals surface area contributed by atoms with E-state index in [1.54, 1.807) is 26.0 Å². The summed E-state index contributed by atoms with van der Waals surface area (Å²) in [5.74, 6) is 2.35. The summed E-state index contributed by atoms with van der Waals surface area (Å²) in [7, 11) is 3.26. The minimum absolute atomic E-state index is 0.206. The smallest absolute Gasteiger partial charge is 0.161 e. The second-order valence-corrected chi connectivity index (χ2v) is 4.92. The highest BCUT2D eigenvalue weighted by Gasteiger charge is 2.06. The molecule has 0 bridgehead atoms. The molecule has 0 aliphatic rings. The molecular weight excluding hydrogens is 224 g/mol. The van der Waals surface area contributed by atoms with E-state index >= 15 is 0 Å². The van der Waals surface area contributed by atoms with Crippen LogP contribution in [-0.4, -0.2) is 31.2 Å². The fraction of sp³-hybridized carbons (Fsp3) is 0.500. The molecular formula is C12H18O3S. The molecule has 1 aromatic rings. The van der Waals surface area contributed by atoms with Crippen LogP contribution in [0.3, 0.4) is 0 Å². The molecule has 90 valence electrons. The van der Waals surface area contributed by atoms with Gasteiger partial charge in [0.2, 0.25) is 0 Å². The van der Waals surface area contributed by atoms with Gasteiger partial charge < -0.3 is 14.6 Å². The van der Waals surface area contributed by atoms with Crippen LogP contribution in [0.2, 0.25) is 0 Å². The third-order valence-electron chi connectivity index (χ3n) is 2.24. The minimum Gasteiger partial charge on any atom is -0.493 e. The van der Waals surface area contributed by atoms with E-state index < -0.39 is 0 Å². The highest BCUT2D eigenvalue weighted by Crippen LogP contribution is 2.29. The number of hydrogen-bond donors (Lipinski definition) is 1. The van der Waals surface area contributed by atoms with Crippen LogP contribution in [0.4, 0.5) is 0 Å². The van der Waals surface area contributed by atoms with Crippen molar-refractivity contribution in [3.8, 4) is 11.5 Å². The van der Waals surface area contributed by atoms with Crippen molar-refractivity contribution >= 4 is 11.8 Å². The van der Waals surface area contributed by atoms with Gasteiger partial charge >= 0.3 is 0 Å². The van der Waals surface area contributed by atoms with Crippen molar-refractivity contribution in [3.05, 3.63) is 23.8 Å². The number of benzene rings is 1. The molecule has 0 fully saturated rings. The van der Waals surface area contributed by atoms with E-state index in [4.69, 9.17) is 14.6 Å². The van der Waals surface area contributed by atoms with Gasteiger partial charge in [0.25, 0.3) is 0 Å². The predicted octanol–water partition coefficient (Wildman–Crippen LogP) is 2.32. The number of aliphatic hydroxyl groups excluding tert-OH is 1. The molecule has 0 saturated heterocycles. The summed E-state index contributed by atoms with van der Waals surface area (Å²) in [6, 6.07) is 5.88. The molecule has 1 rings (SSSR count). The van der Waals surface area contributed by atoms with E-state index in [0.29, 0.717) is 0 Å². The first-order valence-electron chi connectivity index (χ1n) is 5.14. The lowest BCUT2D eigenvalue weighted by atomic mass is 10.2. The van der Waals surface area contributed by atoms with E-state index in [2.05, 4.69) is 0 Å². The van der Waals surface area contributed by atoms with Crippen LogP contribution in [0.1, 0.15) is 12.5 Å². The molecule has 1 atom stereocenters. The van der Waals surface area contributed by atoms with Crippen molar-refractivity contribution in [2.75, 3.05) is 20.8 Å². The standard InChI is InChI=1S/C12H18O3S/c1-9(7-13)16-8-10-4-5-11(14-2)12(6-10)15-3/h4-6,9,13H,7-8H2,1-3H3. The van der Waals surface area contributed by atoms with E-state index in [1.807, 2.05) is 25.1 Å². The van der Waals surface area contributed by atoms with Gasteiger partial charge in [-0.1, -0.05) is 13.0 Å². The Morgan fingerprint density at radius 2 is 1.94 bits per heavy atom. The molecule has 0 aliphatic heterocycles. The first-order valence-corrected chi connectivity index (χ1v) is 6.19. The van der Waals surface area contributed by atoms with Crippen LogP contribution in [0.5, 0.6) is 11.5 Å². The first kappa shape index (κ1) is 13.2. The second-order valence-electron chi connectivity index (χ2n) is 3.49. The Hall–Kier alpha value is -0.870. The average Bonchev–Trinajstić information content (AvgIpc) is 2.35. The van der Waals surface area contributed by atoms with E-state index in [9.17, 15) is 0 Å². The molecule has 0 aromatic heterocycles. The maximum Gasteiger partial charge on any atom is 0.161 e. The van der Waals surface area contributed by atoms with Gasteiger partial charge in [0.1, 0.15) is 0 Å². The summed E-state index contributed by atoms with van der Waals surface area (Å²) >= 11 is 1.72. The SMILES string of the molecule is COc1ccc(CSC(C)CO)cc1OC. The van der Waals surface area contributed by atoms with Crippen molar-refractivity contribution in [3.63, 3.8) is 0 Å². The van der Waals surface area contributed by atoms with Gasteiger partial charge in [0.15, 0.2) is 11.5 Å². The number of aliphatic hydroxyl groups is 1. The van der Waals surface area contributed by atoms with Crippen LogP contribution in [0.15, 0.2) is 18.2 Å². The van der Waals surface area contributed by atoms with Gasteiger partial charge in [-0.25, -0.2) is 0 Å². The Bertz CT molecular complexity index is 328. The number of hydrogen-bond acceptors (Lipinski definition) is 4. The summed E-state index contributed by atoms with van der Waals surface area (Å²) in [6.07, 6.45) is 0. The highest BCUT2D eigenvalue weighted by atomic mass is 32.2. The third kappa shape index (κ3) is 3.61. The summed E-state index contributed by atoms with van der Waals surface area (Å²) in [5, 5.41) is 9.19. The summed E-state index contributed by atoms with van der Waals surface area (Å²) in [5.41, 5.74) is 1.17. The lowest BCUT2D eigenvalue weighted by Gasteiger charge is -2.11. The Balaban J connectivity index is 2.67. The van der Waals surface area contributed by atoms with Crippen molar-refractivity contribution < 1.29 is 14.6 Å². The molecule has 1 unspecified atom stereocenters. The Morgan fingerprint density at radius 3 is 2.50 bits per heavy atom. The maximum absolute atomic E-state index is 8.93. The minimum atomic E-state index is 0.206. The van der Waals surface area contributed by atoms with Gasteiger partial charge in [-0.3, -0.25) is 0 Å². The molecule has 0 radical (unpaired) electrons. The summed E-state index contributed by atoms with van der Waals surface area (Å²) < 4.78 is 10.4. The first-order chi connectivity index (χ1) is 7.71. The van der Waals surface area contributed by atoms with Gasteiger partial charge in [0.05, 0.1) is 20.8 Å². The number of methoxy groups -OCH3 is 2. The largest absolute Gasteiger partial charge is 0.493 e. The van der Waals surface area contributed by atoms with E-state index in [1.165, 1.54) is 5.56 Å². The average molecular weight is 242 g/mol. The number of rotatable bonds is 6. The molecule has 3 nitrogen and oxygen atoms in total. The van der Waals surface area contributed by atoms with E-state index in [0.717, 1.165) is 17.3 Å². The van der Waals surface area contributed by atoms with Crippen molar-refractivity contribution in [1.82, 2.24) is 0 Å².